The normalized spacial score (nSPS) is 15.2. The predicted molar refractivity (Wildman–Crippen MR) is 106 cm³/mol. The minimum atomic E-state index is -3.79. The Hall–Kier alpha value is -2.79. The van der Waals surface area contributed by atoms with E-state index in [4.69, 9.17) is 0 Å². The Kier molecular flexibility index (Phi) is 6.83. The Bertz CT molecular complexity index is 994. The van der Waals surface area contributed by atoms with Crippen molar-refractivity contribution in [2.75, 3.05) is 18.4 Å². The summed E-state index contributed by atoms with van der Waals surface area (Å²) in [6.07, 6.45) is 2.49. The summed E-state index contributed by atoms with van der Waals surface area (Å²) in [4.78, 5) is 10.7. The maximum Gasteiger partial charge on any atom is 0.387 e. The van der Waals surface area contributed by atoms with Gasteiger partial charge in [0.1, 0.15) is 11.4 Å². The van der Waals surface area contributed by atoms with Crippen molar-refractivity contribution in [2.24, 2.45) is 0 Å². The maximum absolute atomic E-state index is 12.8. The number of ether oxygens (including phenoxy) is 1. The van der Waals surface area contributed by atoms with Crippen molar-refractivity contribution in [3.05, 3.63) is 58.1 Å². The number of nitrogens with zero attached hydrogens (tertiary/aromatic N) is 2. The van der Waals surface area contributed by atoms with Crippen LogP contribution in [0.4, 0.5) is 20.2 Å². The molecule has 1 saturated heterocycles. The van der Waals surface area contributed by atoms with Gasteiger partial charge in [-0.15, -0.1) is 0 Å². The van der Waals surface area contributed by atoms with Crippen molar-refractivity contribution in [3.8, 4) is 5.75 Å². The monoisotopic (exact) mass is 441 g/mol. The molecule has 8 nitrogen and oxygen atoms in total. The molecule has 1 fully saturated rings. The Labute approximate surface area is 172 Å². The second-order valence-electron chi connectivity index (χ2n) is 6.78. The molecule has 0 amide bonds. The van der Waals surface area contributed by atoms with Crippen LogP contribution in [-0.4, -0.2) is 37.3 Å². The molecule has 1 aliphatic heterocycles. The standard InChI is InChI=1S/C19H21F2N3O5S/c20-19(21)29-15-6-4-14(5-7-15)13-22-17-9-8-16(12-18(17)24(25)26)30(27,28)23-10-2-1-3-11-23/h4-9,12,19,22H,1-3,10-11,13H2. The van der Waals surface area contributed by atoms with Crippen LogP contribution in [0.2, 0.25) is 0 Å². The van der Waals surface area contributed by atoms with Gasteiger partial charge in [0.25, 0.3) is 5.69 Å². The molecule has 0 spiro atoms. The first-order valence-electron chi connectivity index (χ1n) is 9.33. The van der Waals surface area contributed by atoms with Crippen LogP contribution >= 0.6 is 0 Å². The third kappa shape index (κ3) is 5.22. The van der Waals surface area contributed by atoms with E-state index in [1.54, 1.807) is 12.1 Å². The number of sulfonamides is 1. The lowest BCUT2D eigenvalue weighted by Crippen LogP contribution is -2.35. The van der Waals surface area contributed by atoms with Crippen LogP contribution < -0.4 is 10.1 Å². The number of piperidine rings is 1. The summed E-state index contributed by atoms with van der Waals surface area (Å²) in [7, 11) is -3.79. The Morgan fingerprint density at radius 1 is 1.10 bits per heavy atom. The first kappa shape index (κ1) is 21.9. The average Bonchev–Trinajstić information content (AvgIpc) is 2.73. The van der Waals surface area contributed by atoms with Crippen LogP contribution in [0.25, 0.3) is 0 Å². The molecule has 0 atom stereocenters. The van der Waals surface area contributed by atoms with Gasteiger partial charge in [-0.05, 0) is 42.7 Å². The van der Waals surface area contributed by atoms with E-state index in [0.29, 0.717) is 18.7 Å². The highest BCUT2D eigenvalue weighted by Gasteiger charge is 2.28. The van der Waals surface area contributed by atoms with E-state index in [-0.39, 0.29) is 28.6 Å². The lowest BCUT2D eigenvalue weighted by atomic mass is 10.2. The topological polar surface area (TPSA) is 102 Å². The van der Waals surface area contributed by atoms with E-state index in [1.807, 2.05) is 0 Å². The van der Waals surface area contributed by atoms with E-state index >= 15 is 0 Å². The van der Waals surface area contributed by atoms with Gasteiger partial charge in [-0.1, -0.05) is 18.6 Å². The molecule has 30 heavy (non-hydrogen) atoms. The molecule has 2 aromatic carbocycles. The number of rotatable bonds is 8. The van der Waals surface area contributed by atoms with E-state index in [9.17, 15) is 27.3 Å². The molecule has 1 N–H and O–H groups in total. The lowest BCUT2D eigenvalue weighted by molar-refractivity contribution is -0.384. The summed E-state index contributed by atoms with van der Waals surface area (Å²) in [6.45, 7) is -1.94. The zero-order valence-corrected chi connectivity index (χ0v) is 16.8. The van der Waals surface area contributed by atoms with Gasteiger partial charge in [-0.25, -0.2) is 8.42 Å². The third-order valence-corrected chi connectivity index (χ3v) is 6.64. The molecule has 3 rings (SSSR count). The summed E-state index contributed by atoms with van der Waals surface area (Å²) in [5, 5.41) is 14.4. The number of hydrogen-bond donors (Lipinski definition) is 1. The van der Waals surface area contributed by atoms with E-state index in [2.05, 4.69) is 10.1 Å². The molecule has 1 aliphatic rings. The summed E-state index contributed by atoms with van der Waals surface area (Å²) in [6, 6.07) is 9.60. The van der Waals surface area contributed by atoms with Crippen LogP contribution in [0.15, 0.2) is 47.4 Å². The summed E-state index contributed by atoms with van der Waals surface area (Å²) in [5.74, 6) is 0.00648. The second kappa shape index (κ2) is 9.35. The molecule has 0 aliphatic carbocycles. The zero-order valence-electron chi connectivity index (χ0n) is 16.0. The van der Waals surface area contributed by atoms with Gasteiger partial charge in [-0.2, -0.15) is 13.1 Å². The van der Waals surface area contributed by atoms with Gasteiger partial charge >= 0.3 is 6.61 Å². The molecular weight excluding hydrogens is 420 g/mol. The van der Waals surface area contributed by atoms with E-state index in [0.717, 1.165) is 25.3 Å². The predicted octanol–water partition coefficient (Wildman–Crippen LogP) is 3.98. The van der Waals surface area contributed by atoms with Crippen LogP contribution in [0.5, 0.6) is 5.75 Å². The highest BCUT2D eigenvalue weighted by Crippen LogP contribution is 2.30. The third-order valence-electron chi connectivity index (χ3n) is 4.75. The molecule has 0 saturated carbocycles. The number of hydrogen-bond acceptors (Lipinski definition) is 6. The second-order valence-corrected chi connectivity index (χ2v) is 8.71. The number of nitro benzene ring substituents is 1. The molecule has 162 valence electrons. The molecule has 0 unspecified atom stereocenters. The van der Waals surface area contributed by atoms with Gasteiger partial charge in [0.05, 0.1) is 9.82 Å². The molecule has 2 aromatic rings. The fraction of sp³-hybridized carbons (Fsp3) is 0.368. The summed E-state index contributed by atoms with van der Waals surface area (Å²) >= 11 is 0. The summed E-state index contributed by atoms with van der Waals surface area (Å²) < 4.78 is 55.6. The van der Waals surface area contributed by atoms with E-state index < -0.39 is 21.6 Å². The molecule has 11 heteroatoms. The number of nitro groups is 1. The highest BCUT2D eigenvalue weighted by atomic mass is 32.2. The Balaban J connectivity index is 1.76. The quantitative estimate of drug-likeness (QED) is 0.491. The van der Waals surface area contributed by atoms with Crippen LogP contribution in [0, 0.1) is 10.1 Å². The number of halogens is 2. The zero-order chi connectivity index (χ0) is 21.7. The van der Waals surface area contributed by atoms with Crippen LogP contribution in [-0.2, 0) is 16.6 Å². The Morgan fingerprint density at radius 3 is 2.37 bits per heavy atom. The van der Waals surface area contributed by atoms with Gasteiger partial charge in [-0.3, -0.25) is 10.1 Å². The lowest BCUT2D eigenvalue weighted by Gasteiger charge is -2.25. The van der Waals surface area contributed by atoms with Crippen molar-refractivity contribution in [3.63, 3.8) is 0 Å². The van der Waals surface area contributed by atoms with Gasteiger partial charge < -0.3 is 10.1 Å². The first-order chi connectivity index (χ1) is 14.3. The van der Waals surface area contributed by atoms with Gasteiger partial charge in [0.15, 0.2) is 0 Å². The SMILES string of the molecule is O=[N+]([O-])c1cc(S(=O)(=O)N2CCCCC2)ccc1NCc1ccc(OC(F)F)cc1. The molecule has 0 bridgehead atoms. The fourth-order valence-electron chi connectivity index (χ4n) is 3.21. The van der Waals surface area contributed by atoms with Crippen LogP contribution in [0.3, 0.4) is 0 Å². The molecular formula is C19H21F2N3O5S. The first-order valence-corrected chi connectivity index (χ1v) is 10.8. The summed E-state index contributed by atoms with van der Waals surface area (Å²) in [5.41, 5.74) is 0.479. The van der Waals surface area contributed by atoms with Crippen molar-refractivity contribution in [1.82, 2.24) is 4.31 Å². The number of nitrogens with one attached hydrogen (secondary N) is 1. The largest absolute Gasteiger partial charge is 0.435 e. The molecule has 0 radical (unpaired) electrons. The number of alkyl halides is 2. The van der Waals surface area contributed by atoms with Crippen LogP contribution in [0.1, 0.15) is 24.8 Å². The average molecular weight is 441 g/mol. The highest BCUT2D eigenvalue weighted by molar-refractivity contribution is 7.89. The van der Waals surface area contributed by atoms with Crippen molar-refractivity contribution in [1.29, 1.82) is 0 Å². The number of benzene rings is 2. The molecule has 0 aromatic heterocycles. The minimum absolute atomic E-state index is 0.00648. The van der Waals surface area contributed by atoms with Crippen molar-refractivity contribution in [2.45, 2.75) is 37.3 Å². The molecule has 1 heterocycles. The minimum Gasteiger partial charge on any atom is -0.435 e. The van der Waals surface area contributed by atoms with Crippen molar-refractivity contribution < 1.29 is 26.9 Å². The number of anilines is 1. The van der Waals surface area contributed by atoms with E-state index in [1.165, 1.54) is 28.6 Å². The fourth-order valence-corrected chi connectivity index (χ4v) is 4.75. The maximum atomic E-state index is 12.8. The van der Waals surface area contributed by atoms with Gasteiger partial charge in [0, 0.05) is 25.7 Å². The smallest absolute Gasteiger partial charge is 0.387 e. The van der Waals surface area contributed by atoms with Gasteiger partial charge in [0.2, 0.25) is 10.0 Å². The Morgan fingerprint density at radius 2 is 1.77 bits per heavy atom. The van der Waals surface area contributed by atoms with Crippen molar-refractivity contribution >= 4 is 21.4 Å².